The molecule has 5 fully saturated rings. The molecule has 7 amide bonds. The molecule has 17 nitrogen and oxygen atoms in total. The molecule has 1 aromatic heterocycles. The Hall–Kier alpha value is -5.35. The zero-order valence-electron chi connectivity index (χ0n) is 46.1. The fraction of sp³-hybridized carbons (Fsp3) is 0.741. The molecule has 414 valence electrons. The highest BCUT2D eigenvalue weighted by Crippen LogP contribution is 2.67. The molecule has 4 aliphatic carbocycles. The van der Waals surface area contributed by atoms with Crippen LogP contribution >= 0.6 is 0 Å². The summed E-state index contributed by atoms with van der Waals surface area (Å²) in [6.45, 7) is 17.7. The fourth-order valence-electron chi connectivity index (χ4n) is 14.7. The van der Waals surface area contributed by atoms with Gasteiger partial charge in [-0.05, 0) is 155 Å². The number of primary amides is 1. The van der Waals surface area contributed by atoms with Crippen molar-refractivity contribution in [1.29, 1.82) is 0 Å². The number of ether oxygens (including phenoxy) is 1. The number of nitrogens with zero attached hydrogens (tertiary/aromatic N) is 3. The van der Waals surface area contributed by atoms with E-state index in [0.29, 0.717) is 49.4 Å². The lowest BCUT2D eigenvalue weighted by Crippen LogP contribution is -2.59. The lowest BCUT2D eigenvalue weighted by Gasteiger charge is -2.58. The molecule has 2 saturated heterocycles. The van der Waals surface area contributed by atoms with Crippen molar-refractivity contribution in [3.05, 3.63) is 41.7 Å². The number of carbonyl (C=O) groups excluding carboxylic acids is 8. The van der Waals surface area contributed by atoms with Gasteiger partial charge in [0.05, 0.1) is 0 Å². The summed E-state index contributed by atoms with van der Waals surface area (Å²) in [5.74, 6) is -0.212. The van der Waals surface area contributed by atoms with Crippen molar-refractivity contribution in [1.82, 2.24) is 36.1 Å². The first-order valence-corrected chi connectivity index (χ1v) is 28.5. The minimum Gasteiger partial charge on any atom is -0.461 e. The summed E-state index contributed by atoms with van der Waals surface area (Å²) in [5.41, 5.74) is 7.56. The van der Waals surface area contributed by atoms with E-state index in [1.54, 1.807) is 12.1 Å². The van der Waals surface area contributed by atoms with Crippen molar-refractivity contribution in [2.75, 3.05) is 19.6 Å². The number of hydrogen-bond acceptors (Lipinski definition) is 10. The van der Waals surface area contributed by atoms with E-state index in [-0.39, 0.29) is 62.0 Å². The second-order valence-electron chi connectivity index (χ2n) is 24.6. The van der Waals surface area contributed by atoms with Gasteiger partial charge in [0.1, 0.15) is 48.6 Å². The summed E-state index contributed by atoms with van der Waals surface area (Å²) in [5, 5.41) is 10.9. The van der Waals surface area contributed by atoms with E-state index < -0.39 is 77.5 Å². The van der Waals surface area contributed by atoms with Gasteiger partial charge >= 0.3 is 5.97 Å². The summed E-state index contributed by atoms with van der Waals surface area (Å²) >= 11 is 0. The molecule has 3 heterocycles. The van der Waals surface area contributed by atoms with E-state index in [1.807, 2.05) is 13.8 Å². The highest BCUT2D eigenvalue weighted by Gasteiger charge is 2.59. The molecule has 0 unspecified atom stereocenters. The van der Waals surface area contributed by atoms with Crippen LogP contribution in [0, 0.1) is 52.3 Å². The van der Waals surface area contributed by atoms with Crippen LogP contribution in [0.4, 0.5) is 0 Å². The third-order valence-corrected chi connectivity index (χ3v) is 18.7. The Bertz CT molecular complexity index is 2290. The van der Waals surface area contributed by atoms with Crippen LogP contribution in [0.15, 0.2) is 36.0 Å². The number of aromatic nitrogens is 1. The summed E-state index contributed by atoms with van der Waals surface area (Å²) in [6.07, 6.45) is 16.6. The number of nitrogens with two attached hydrogens (primary N) is 1. The Morgan fingerprint density at radius 1 is 0.760 bits per heavy atom. The minimum absolute atomic E-state index is 0.0732. The molecule has 3 saturated carbocycles. The normalized spacial score (nSPS) is 29.7. The largest absolute Gasteiger partial charge is 0.461 e. The Balaban J connectivity index is 0.915. The van der Waals surface area contributed by atoms with Crippen LogP contribution in [0.2, 0.25) is 0 Å². The minimum atomic E-state index is -1.30. The van der Waals surface area contributed by atoms with Crippen molar-refractivity contribution in [3.63, 3.8) is 0 Å². The number of amides is 7. The predicted octanol–water partition coefficient (Wildman–Crippen LogP) is 6.14. The average molecular weight is 1040 g/mol. The monoisotopic (exact) mass is 1040 g/mol. The number of pyridine rings is 1. The Labute approximate surface area is 445 Å². The van der Waals surface area contributed by atoms with E-state index in [9.17, 15) is 38.4 Å². The number of carbonyl (C=O) groups is 8. The first-order valence-electron chi connectivity index (χ1n) is 28.5. The van der Waals surface area contributed by atoms with Crippen LogP contribution < -0.4 is 27.0 Å². The van der Waals surface area contributed by atoms with Crippen LogP contribution in [0.5, 0.6) is 0 Å². The Morgan fingerprint density at radius 2 is 1.47 bits per heavy atom. The maximum absolute atomic E-state index is 14.4. The fourth-order valence-corrected chi connectivity index (χ4v) is 14.7. The van der Waals surface area contributed by atoms with Gasteiger partial charge in [0.25, 0.3) is 5.91 Å². The van der Waals surface area contributed by atoms with E-state index in [2.05, 4.69) is 66.9 Å². The van der Waals surface area contributed by atoms with Crippen molar-refractivity contribution in [2.24, 2.45) is 58.0 Å². The van der Waals surface area contributed by atoms with E-state index in [4.69, 9.17) is 10.5 Å². The summed E-state index contributed by atoms with van der Waals surface area (Å²) < 4.78 is 6.06. The zero-order valence-corrected chi connectivity index (χ0v) is 46.1. The van der Waals surface area contributed by atoms with Gasteiger partial charge in [-0.25, -0.2) is 0 Å². The predicted molar refractivity (Wildman–Crippen MR) is 284 cm³/mol. The number of hydrogen-bond donors (Lipinski definition) is 5. The molecule has 2 aliphatic heterocycles. The van der Waals surface area contributed by atoms with Gasteiger partial charge in [0, 0.05) is 32.1 Å². The number of likely N-dealkylation sites (tertiary alicyclic amines) is 2. The quantitative estimate of drug-likeness (QED) is 0.0696. The molecule has 13 atom stereocenters. The highest BCUT2D eigenvalue weighted by atomic mass is 16.5. The van der Waals surface area contributed by atoms with Gasteiger partial charge in [-0.1, -0.05) is 79.0 Å². The molecular formula is C58H88N8O9. The maximum atomic E-state index is 14.4. The van der Waals surface area contributed by atoms with Crippen molar-refractivity contribution >= 4 is 47.3 Å². The zero-order chi connectivity index (χ0) is 54.4. The Morgan fingerprint density at radius 3 is 2.13 bits per heavy atom. The first kappa shape index (κ1) is 57.4. The molecular weight excluding hydrogens is 953 g/mol. The molecule has 0 radical (unpaired) electrons. The first-order chi connectivity index (χ1) is 35.6. The van der Waals surface area contributed by atoms with Crippen LogP contribution in [-0.4, -0.2) is 118 Å². The molecule has 75 heavy (non-hydrogen) atoms. The molecule has 7 rings (SSSR count). The number of nitrogens with one attached hydrogen (secondary N) is 4. The second-order valence-corrected chi connectivity index (χ2v) is 24.6. The topological polar surface area (TPSA) is 239 Å². The van der Waals surface area contributed by atoms with Crippen molar-refractivity contribution < 1.29 is 43.1 Å². The molecule has 0 aromatic carbocycles. The molecule has 6 N–H and O–H groups in total. The van der Waals surface area contributed by atoms with E-state index in [1.165, 1.54) is 73.1 Å². The van der Waals surface area contributed by atoms with Gasteiger partial charge in [-0.3, -0.25) is 43.3 Å². The van der Waals surface area contributed by atoms with E-state index >= 15 is 0 Å². The lowest BCUT2D eigenvalue weighted by molar-refractivity contribution is -0.152. The number of rotatable bonds is 21. The lowest BCUT2D eigenvalue weighted by atomic mass is 9.47. The molecule has 17 heteroatoms. The van der Waals surface area contributed by atoms with Crippen molar-refractivity contribution in [2.45, 2.75) is 201 Å². The maximum Gasteiger partial charge on any atom is 0.325 e. The second kappa shape index (κ2) is 24.8. The van der Waals surface area contributed by atoms with E-state index in [0.717, 1.165) is 42.9 Å². The standard InChI is InChI=1S/C58H88N8O9/c1-34(2)16-17-36(5)41-20-21-42-40-19-18-38-32-39(24-26-57(38,7)43(40)25-27-58(41,42)8)75-50(68)33-61-53(71)47-14-11-30-66(47)56(74)46(31-35(3)4)64-52(70)45(22-23-49(59)67)63-54(72)48-15-12-29-65(48)55(73)37(6)62-51(69)44-13-9-10-28-60-44/h9-10,13,18,28,34-37,39-43,45-48H,11-12,14-17,19-27,29-33H2,1-8H3,(H2,59,67)(H,61,71)(H,62,69)(H,63,72)(H,64,70)/t36-,37+,39-,40+,41-,42+,43+,45+,46+,47+,48+,57+,58-/m1/s1. The molecule has 6 aliphatic rings. The summed E-state index contributed by atoms with van der Waals surface area (Å²) in [6, 6.07) is -0.382. The van der Waals surface area contributed by atoms with Gasteiger partial charge in [-0.15, -0.1) is 0 Å². The van der Waals surface area contributed by atoms with Gasteiger partial charge in [-0.2, -0.15) is 0 Å². The smallest absolute Gasteiger partial charge is 0.325 e. The van der Waals surface area contributed by atoms with Gasteiger partial charge in [0.15, 0.2) is 0 Å². The third-order valence-electron chi connectivity index (χ3n) is 18.7. The summed E-state index contributed by atoms with van der Waals surface area (Å²) in [4.78, 5) is 115. The van der Waals surface area contributed by atoms with Crippen LogP contribution in [0.3, 0.4) is 0 Å². The van der Waals surface area contributed by atoms with Crippen LogP contribution in [0.25, 0.3) is 0 Å². The van der Waals surface area contributed by atoms with Gasteiger partial charge in [0.2, 0.25) is 35.4 Å². The third kappa shape index (κ3) is 13.3. The Kier molecular flexibility index (Phi) is 18.9. The molecule has 1 aromatic rings. The van der Waals surface area contributed by atoms with Crippen molar-refractivity contribution in [3.8, 4) is 0 Å². The average Bonchev–Trinajstić information content (AvgIpc) is 4.15. The SMILES string of the molecule is CC(C)CC[C@@H](C)[C@H]1CC[C@H]2[C@@H]3CC=C4C[C@H](OC(=O)CNC(=O)[C@@H]5CCCN5C(=O)[C@H](CC(C)C)NC(=O)[C@H](CCC(N)=O)NC(=O)[C@@H]5CCCN5C(=O)[C@H](C)NC(=O)c5ccccn5)CC[C@]4(C)[C@H]3CC[C@]12C. The van der Waals surface area contributed by atoms with Crippen LogP contribution in [0.1, 0.15) is 175 Å². The highest BCUT2D eigenvalue weighted by molar-refractivity contribution is 5.99. The molecule has 0 bridgehead atoms. The van der Waals surface area contributed by atoms with Gasteiger partial charge < -0.3 is 41.5 Å². The number of allylic oxidation sites excluding steroid dienone is 1. The molecule has 0 spiro atoms. The van der Waals surface area contributed by atoms with Crippen LogP contribution in [-0.2, 0) is 38.3 Å². The summed E-state index contributed by atoms with van der Waals surface area (Å²) in [7, 11) is 0. The number of esters is 1. The number of fused-ring (bicyclic) bond motifs is 5.